The Morgan fingerprint density at radius 2 is 2.12 bits per heavy atom. The predicted molar refractivity (Wildman–Crippen MR) is 115 cm³/mol. The molecule has 1 fully saturated rings. The smallest absolute Gasteiger partial charge is 0.243 e. The molecule has 0 amide bonds. The van der Waals surface area contributed by atoms with Crippen molar-refractivity contribution in [3.8, 4) is 11.8 Å². The molecule has 10 heteroatoms. The van der Waals surface area contributed by atoms with Crippen LogP contribution < -0.4 is 5.32 Å². The lowest BCUT2D eigenvalue weighted by molar-refractivity contribution is 0.451. The Morgan fingerprint density at radius 3 is 2.88 bits per heavy atom. The van der Waals surface area contributed by atoms with E-state index in [1.54, 1.807) is 18.6 Å². The van der Waals surface area contributed by atoms with E-state index >= 15 is 0 Å². The molecule has 2 heterocycles. The monoisotopic (exact) mass is 455 g/mol. The standard InChI is InChI=1S/C22H22FN5O3S/c23-22-8-16(4-5-17(22)10-24)13-27-15-25-11-19(27)12-26-18-6-7-28(14-18)32(30,31)21-3-1-2-20(29)9-21/h1-5,8-9,11,15,18,26,29H,6-7,12-14H2/t18-/m1/s1. The van der Waals surface area contributed by atoms with E-state index in [1.165, 1.54) is 40.7 Å². The van der Waals surface area contributed by atoms with Crippen LogP contribution in [0.2, 0.25) is 0 Å². The van der Waals surface area contributed by atoms with Crippen LogP contribution in [0, 0.1) is 17.1 Å². The second-order valence-corrected chi connectivity index (χ2v) is 9.60. The topological polar surface area (TPSA) is 111 Å². The first kappa shape index (κ1) is 22.0. The van der Waals surface area contributed by atoms with Crippen molar-refractivity contribution in [2.75, 3.05) is 13.1 Å². The Bertz CT molecular complexity index is 1270. The normalized spacial score (nSPS) is 16.8. The second kappa shape index (κ2) is 9.08. The molecule has 0 unspecified atom stereocenters. The summed E-state index contributed by atoms with van der Waals surface area (Å²) in [6, 6.07) is 12.0. The molecular formula is C22H22FN5O3S. The highest BCUT2D eigenvalue weighted by Crippen LogP contribution is 2.24. The molecule has 0 radical (unpaired) electrons. The van der Waals surface area contributed by atoms with Gasteiger partial charge in [0, 0.05) is 38.4 Å². The quantitative estimate of drug-likeness (QED) is 0.565. The highest BCUT2D eigenvalue weighted by atomic mass is 32.2. The van der Waals surface area contributed by atoms with E-state index in [9.17, 15) is 17.9 Å². The zero-order valence-electron chi connectivity index (χ0n) is 17.1. The number of imidazole rings is 1. The molecule has 2 aromatic carbocycles. The number of phenolic OH excluding ortho intramolecular Hbond substituents is 1. The number of nitriles is 1. The van der Waals surface area contributed by atoms with Crippen molar-refractivity contribution in [1.82, 2.24) is 19.2 Å². The number of nitrogens with zero attached hydrogens (tertiary/aromatic N) is 4. The van der Waals surface area contributed by atoms with E-state index in [2.05, 4.69) is 10.3 Å². The van der Waals surface area contributed by atoms with Crippen molar-refractivity contribution in [3.05, 3.63) is 77.6 Å². The van der Waals surface area contributed by atoms with Crippen molar-refractivity contribution < 1.29 is 17.9 Å². The molecule has 0 bridgehead atoms. The Hall–Kier alpha value is -3.26. The summed E-state index contributed by atoms with van der Waals surface area (Å²) in [6.45, 7) is 1.60. The first-order valence-electron chi connectivity index (χ1n) is 10.1. The van der Waals surface area contributed by atoms with Crippen LogP contribution in [0.3, 0.4) is 0 Å². The van der Waals surface area contributed by atoms with Gasteiger partial charge >= 0.3 is 0 Å². The van der Waals surface area contributed by atoms with Crippen molar-refractivity contribution in [1.29, 1.82) is 5.26 Å². The molecule has 1 aromatic heterocycles. The number of rotatable bonds is 7. The molecule has 1 aliphatic rings. The predicted octanol–water partition coefficient (Wildman–Crippen LogP) is 2.20. The second-order valence-electron chi connectivity index (χ2n) is 7.67. The number of benzene rings is 2. The first-order chi connectivity index (χ1) is 15.4. The van der Waals surface area contributed by atoms with Crippen LogP contribution in [0.25, 0.3) is 0 Å². The van der Waals surface area contributed by atoms with E-state index < -0.39 is 15.8 Å². The lowest BCUT2D eigenvalue weighted by Gasteiger charge is -2.17. The maximum Gasteiger partial charge on any atom is 0.243 e. The van der Waals surface area contributed by atoms with Gasteiger partial charge in [-0.3, -0.25) is 0 Å². The maximum atomic E-state index is 13.9. The van der Waals surface area contributed by atoms with Crippen LogP contribution in [0.15, 0.2) is 59.9 Å². The van der Waals surface area contributed by atoms with Gasteiger partial charge < -0.3 is 15.0 Å². The summed E-state index contributed by atoms with van der Waals surface area (Å²) < 4.78 is 42.8. The summed E-state index contributed by atoms with van der Waals surface area (Å²) in [5.74, 6) is -0.640. The maximum absolute atomic E-state index is 13.9. The molecule has 2 N–H and O–H groups in total. The van der Waals surface area contributed by atoms with Gasteiger partial charge in [-0.1, -0.05) is 12.1 Å². The van der Waals surface area contributed by atoms with Gasteiger partial charge in [0.15, 0.2) is 0 Å². The molecule has 32 heavy (non-hydrogen) atoms. The average molecular weight is 456 g/mol. The molecule has 166 valence electrons. The fourth-order valence-electron chi connectivity index (χ4n) is 3.74. The Labute approximate surface area is 185 Å². The fourth-order valence-corrected chi connectivity index (χ4v) is 5.28. The summed E-state index contributed by atoms with van der Waals surface area (Å²) >= 11 is 0. The van der Waals surface area contributed by atoms with Crippen LogP contribution in [-0.2, 0) is 23.1 Å². The molecular weight excluding hydrogens is 433 g/mol. The van der Waals surface area contributed by atoms with Crippen LogP contribution in [0.1, 0.15) is 23.2 Å². The summed E-state index contributed by atoms with van der Waals surface area (Å²) in [7, 11) is -3.67. The van der Waals surface area contributed by atoms with E-state index in [0.717, 1.165) is 5.69 Å². The van der Waals surface area contributed by atoms with Crippen molar-refractivity contribution in [2.45, 2.75) is 30.4 Å². The highest BCUT2D eigenvalue weighted by molar-refractivity contribution is 7.89. The SMILES string of the molecule is N#Cc1ccc(Cn2cncc2CN[C@@H]2CCN(S(=O)(=O)c3cccc(O)c3)C2)cc1F. The number of halogens is 1. The third kappa shape index (κ3) is 4.65. The number of phenols is 1. The van der Waals surface area contributed by atoms with Gasteiger partial charge in [-0.15, -0.1) is 0 Å². The van der Waals surface area contributed by atoms with Gasteiger partial charge in [0.05, 0.1) is 22.5 Å². The first-order valence-corrected chi connectivity index (χ1v) is 11.5. The van der Waals surface area contributed by atoms with Crippen molar-refractivity contribution in [3.63, 3.8) is 0 Å². The van der Waals surface area contributed by atoms with Crippen LogP contribution in [0.5, 0.6) is 5.75 Å². The van der Waals surface area contributed by atoms with E-state index in [1.807, 2.05) is 10.6 Å². The van der Waals surface area contributed by atoms with Gasteiger partial charge in [0.1, 0.15) is 17.6 Å². The van der Waals surface area contributed by atoms with Crippen molar-refractivity contribution in [2.24, 2.45) is 0 Å². The lowest BCUT2D eigenvalue weighted by atomic mass is 10.1. The van der Waals surface area contributed by atoms with E-state index in [0.29, 0.717) is 38.2 Å². The van der Waals surface area contributed by atoms with Gasteiger partial charge in [-0.05, 0) is 42.3 Å². The Kier molecular flexibility index (Phi) is 6.23. The van der Waals surface area contributed by atoms with E-state index in [-0.39, 0.29) is 22.3 Å². The van der Waals surface area contributed by atoms with Gasteiger partial charge in [-0.25, -0.2) is 17.8 Å². The van der Waals surface area contributed by atoms with Crippen LogP contribution in [0.4, 0.5) is 4.39 Å². The van der Waals surface area contributed by atoms with Gasteiger partial charge in [0.2, 0.25) is 10.0 Å². The zero-order chi connectivity index (χ0) is 22.7. The van der Waals surface area contributed by atoms with Crippen LogP contribution >= 0.6 is 0 Å². The van der Waals surface area contributed by atoms with Crippen LogP contribution in [-0.4, -0.2) is 46.5 Å². The number of aromatic nitrogens is 2. The largest absolute Gasteiger partial charge is 0.508 e. The number of aromatic hydroxyl groups is 1. The summed E-state index contributed by atoms with van der Waals surface area (Å²) in [5.41, 5.74) is 1.60. The van der Waals surface area contributed by atoms with Crippen molar-refractivity contribution >= 4 is 10.0 Å². The number of sulfonamides is 1. The summed E-state index contributed by atoms with van der Waals surface area (Å²) in [5, 5.41) is 21.8. The molecule has 4 rings (SSSR count). The lowest BCUT2D eigenvalue weighted by Crippen LogP contribution is -2.35. The average Bonchev–Trinajstić information content (AvgIpc) is 3.42. The number of nitrogens with one attached hydrogen (secondary N) is 1. The van der Waals surface area contributed by atoms with Gasteiger partial charge in [-0.2, -0.15) is 9.57 Å². The zero-order valence-corrected chi connectivity index (χ0v) is 18.0. The molecule has 0 spiro atoms. The Morgan fingerprint density at radius 1 is 1.28 bits per heavy atom. The summed E-state index contributed by atoms with van der Waals surface area (Å²) in [4.78, 5) is 4.24. The summed E-state index contributed by atoms with van der Waals surface area (Å²) in [6.07, 6.45) is 4.02. The molecule has 1 atom stereocenters. The van der Waals surface area contributed by atoms with Gasteiger partial charge in [0.25, 0.3) is 0 Å². The minimum absolute atomic E-state index is 0.00715. The third-order valence-corrected chi connectivity index (χ3v) is 7.34. The molecule has 0 saturated carbocycles. The number of hydrogen-bond acceptors (Lipinski definition) is 6. The minimum atomic E-state index is -3.67. The minimum Gasteiger partial charge on any atom is -0.508 e. The molecule has 1 saturated heterocycles. The molecule has 3 aromatic rings. The fraction of sp³-hybridized carbons (Fsp3) is 0.273. The molecule has 8 nitrogen and oxygen atoms in total. The third-order valence-electron chi connectivity index (χ3n) is 5.48. The van der Waals surface area contributed by atoms with E-state index in [4.69, 9.17) is 5.26 Å². The Balaban J connectivity index is 1.37. The number of hydrogen-bond donors (Lipinski definition) is 2. The highest BCUT2D eigenvalue weighted by Gasteiger charge is 2.32. The molecule has 1 aliphatic heterocycles. The molecule has 0 aliphatic carbocycles.